The number of aromatic nitrogens is 3. The second-order valence-electron chi connectivity index (χ2n) is 6.14. The Morgan fingerprint density at radius 1 is 1.14 bits per heavy atom. The summed E-state index contributed by atoms with van der Waals surface area (Å²) in [7, 11) is 0. The van der Waals surface area contributed by atoms with E-state index in [4.69, 9.17) is 5.26 Å². The Balaban J connectivity index is 1.64. The highest BCUT2D eigenvalue weighted by atomic mass is 16.2. The van der Waals surface area contributed by atoms with Crippen LogP contribution in [0, 0.1) is 18.3 Å². The molecule has 1 heterocycles. The maximum absolute atomic E-state index is 12.6. The van der Waals surface area contributed by atoms with E-state index < -0.39 is 0 Å². The maximum atomic E-state index is 12.6. The highest BCUT2D eigenvalue weighted by molar-refractivity contribution is 6.03. The predicted octanol–water partition coefficient (Wildman–Crippen LogP) is 2.03. The fraction of sp³-hybridized carbons (Fsp3) is 0.150. The van der Waals surface area contributed by atoms with Gasteiger partial charge in [-0.25, -0.2) is 9.67 Å². The summed E-state index contributed by atoms with van der Waals surface area (Å²) in [5, 5.41) is 18.1. The summed E-state index contributed by atoms with van der Waals surface area (Å²) in [5.74, 6) is -0.680. The first kappa shape index (κ1) is 18.8. The summed E-state index contributed by atoms with van der Waals surface area (Å²) in [5.41, 5.74) is 2.89. The van der Waals surface area contributed by atoms with E-state index in [1.165, 1.54) is 11.0 Å². The molecule has 2 aromatic carbocycles. The van der Waals surface area contributed by atoms with Crippen LogP contribution in [0.15, 0.2) is 54.9 Å². The first-order valence-corrected chi connectivity index (χ1v) is 8.57. The molecule has 8 nitrogen and oxygen atoms in total. The number of rotatable bonds is 6. The SMILES string of the molecule is Cc1ccc(CNC(=O)c2ccccc2NC(=O)Cn2cnc(C#N)n2)cc1. The topological polar surface area (TPSA) is 113 Å². The van der Waals surface area contributed by atoms with Gasteiger partial charge in [0.2, 0.25) is 5.91 Å². The molecule has 0 aliphatic heterocycles. The van der Waals surface area contributed by atoms with Crippen LogP contribution in [0.2, 0.25) is 0 Å². The lowest BCUT2D eigenvalue weighted by molar-refractivity contribution is -0.116. The van der Waals surface area contributed by atoms with Crippen LogP contribution in [-0.4, -0.2) is 26.6 Å². The van der Waals surface area contributed by atoms with Crippen LogP contribution in [-0.2, 0) is 17.9 Å². The average Bonchev–Trinajstić information content (AvgIpc) is 3.15. The first-order valence-electron chi connectivity index (χ1n) is 8.57. The van der Waals surface area contributed by atoms with Crippen molar-refractivity contribution >= 4 is 17.5 Å². The summed E-state index contributed by atoms with van der Waals surface area (Å²) in [6.07, 6.45) is 1.30. The number of hydrogen-bond acceptors (Lipinski definition) is 5. The molecule has 140 valence electrons. The second kappa shape index (κ2) is 8.60. The quantitative estimate of drug-likeness (QED) is 0.685. The molecule has 0 saturated carbocycles. The van der Waals surface area contributed by atoms with Crippen molar-refractivity contribution in [2.45, 2.75) is 20.0 Å². The van der Waals surface area contributed by atoms with Gasteiger partial charge in [0.1, 0.15) is 18.9 Å². The van der Waals surface area contributed by atoms with Gasteiger partial charge in [0.25, 0.3) is 11.7 Å². The smallest absolute Gasteiger partial charge is 0.253 e. The van der Waals surface area contributed by atoms with E-state index in [1.54, 1.807) is 30.3 Å². The van der Waals surface area contributed by atoms with E-state index in [0.29, 0.717) is 17.8 Å². The Bertz CT molecular complexity index is 1030. The van der Waals surface area contributed by atoms with Gasteiger partial charge >= 0.3 is 0 Å². The van der Waals surface area contributed by atoms with Crippen LogP contribution >= 0.6 is 0 Å². The number of anilines is 1. The summed E-state index contributed by atoms with van der Waals surface area (Å²) in [6, 6.07) is 16.4. The lowest BCUT2D eigenvalue weighted by Crippen LogP contribution is -2.26. The van der Waals surface area contributed by atoms with Crippen molar-refractivity contribution in [2.75, 3.05) is 5.32 Å². The van der Waals surface area contributed by atoms with Crippen LogP contribution in [0.25, 0.3) is 0 Å². The van der Waals surface area contributed by atoms with Crippen molar-refractivity contribution in [1.29, 1.82) is 5.26 Å². The Morgan fingerprint density at radius 3 is 2.61 bits per heavy atom. The van der Waals surface area contributed by atoms with Crippen LogP contribution in [0.5, 0.6) is 0 Å². The second-order valence-corrected chi connectivity index (χ2v) is 6.14. The number of hydrogen-bond donors (Lipinski definition) is 2. The summed E-state index contributed by atoms with van der Waals surface area (Å²) in [6.45, 7) is 2.27. The van der Waals surface area contributed by atoms with Gasteiger partial charge in [-0.2, -0.15) is 5.26 Å². The van der Waals surface area contributed by atoms with Gasteiger partial charge in [0.05, 0.1) is 11.3 Å². The van der Waals surface area contributed by atoms with Gasteiger partial charge in [0.15, 0.2) is 0 Å². The minimum Gasteiger partial charge on any atom is -0.348 e. The third-order valence-electron chi connectivity index (χ3n) is 3.96. The first-order chi connectivity index (χ1) is 13.5. The molecule has 3 aromatic rings. The van der Waals surface area contributed by atoms with E-state index in [0.717, 1.165) is 11.1 Å². The van der Waals surface area contributed by atoms with E-state index in [-0.39, 0.29) is 24.2 Å². The summed E-state index contributed by atoms with van der Waals surface area (Å²) in [4.78, 5) is 28.6. The van der Waals surface area contributed by atoms with Crippen molar-refractivity contribution in [3.05, 3.63) is 77.4 Å². The van der Waals surface area contributed by atoms with Gasteiger partial charge in [-0.15, -0.1) is 5.10 Å². The number of nitrogens with one attached hydrogen (secondary N) is 2. The Morgan fingerprint density at radius 2 is 1.89 bits per heavy atom. The number of carbonyl (C=O) groups excluding carboxylic acids is 2. The zero-order valence-corrected chi connectivity index (χ0v) is 15.2. The number of nitrogens with zero attached hydrogens (tertiary/aromatic N) is 4. The van der Waals surface area contributed by atoms with E-state index in [1.807, 2.05) is 31.2 Å². The largest absolute Gasteiger partial charge is 0.348 e. The fourth-order valence-corrected chi connectivity index (χ4v) is 2.53. The van der Waals surface area contributed by atoms with Crippen LogP contribution in [0.1, 0.15) is 27.3 Å². The molecule has 0 unspecified atom stereocenters. The van der Waals surface area contributed by atoms with Crippen LogP contribution in [0.3, 0.4) is 0 Å². The molecule has 0 aliphatic rings. The molecule has 3 rings (SSSR count). The van der Waals surface area contributed by atoms with E-state index in [2.05, 4.69) is 20.7 Å². The molecule has 0 atom stereocenters. The number of carbonyl (C=O) groups is 2. The minimum absolute atomic E-state index is 0.0105. The molecule has 0 spiro atoms. The summed E-state index contributed by atoms with van der Waals surface area (Å²) < 4.78 is 1.26. The molecule has 1 aromatic heterocycles. The van der Waals surface area contributed by atoms with Crippen molar-refractivity contribution in [3.63, 3.8) is 0 Å². The van der Waals surface area contributed by atoms with Crippen molar-refractivity contribution < 1.29 is 9.59 Å². The predicted molar refractivity (Wildman–Crippen MR) is 102 cm³/mol. The Kier molecular flexibility index (Phi) is 5.77. The molecule has 0 fully saturated rings. The third kappa shape index (κ3) is 4.80. The summed E-state index contributed by atoms with van der Waals surface area (Å²) >= 11 is 0. The number of benzene rings is 2. The molecule has 8 heteroatoms. The fourth-order valence-electron chi connectivity index (χ4n) is 2.53. The number of aryl methyl sites for hydroxylation is 1. The third-order valence-corrected chi connectivity index (χ3v) is 3.96. The Hall–Kier alpha value is -3.99. The van der Waals surface area contributed by atoms with E-state index >= 15 is 0 Å². The van der Waals surface area contributed by atoms with Crippen molar-refractivity contribution in [3.8, 4) is 6.07 Å². The average molecular weight is 374 g/mol. The molecule has 28 heavy (non-hydrogen) atoms. The molecule has 0 radical (unpaired) electrons. The normalized spacial score (nSPS) is 10.1. The van der Waals surface area contributed by atoms with Crippen molar-refractivity contribution in [1.82, 2.24) is 20.1 Å². The van der Waals surface area contributed by atoms with Crippen LogP contribution < -0.4 is 10.6 Å². The molecule has 2 amide bonds. The molecular weight excluding hydrogens is 356 g/mol. The zero-order chi connectivity index (χ0) is 19.9. The van der Waals surface area contributed by atoms with Crippen LogP contribution in [0.4, 0.5) is 5.69 Å². The lowest BCUT2D eigenvalue weighted by atomic mass is 10.1. The van der Waals surface area contributed by atoms with Gasteiger partial charge in [-0.1, -0.05) is 42.0 Å². The monoisotopic (exact) mass is 374 g/mol. The number of amides is 2. The molecule has 0 bridgehead atoms. The Labute approximate surface area is 161 Å². The zero-order valence-electron chi connectivity index (χ0n) is 15.2. The van der Waals surface area contributed by atoms with Gasteiger partial charge in [-0.05, 0) is 24.6 Å². The highest BCUT2D eigenvalue weighted by Crippen LogP contribution is 2.15. The van der Waals surface area contributed by atoms with Gasteiger partial charge < -0.3 is 10.6 Å². The molecular formula is C20H18N6O2. The standard InChI is InChI=1S/C20H18N6O2/c1-14-6-8-15(9-7-14)11-22-20(28)16-4-2-3-5-17(16)24-19(27)12-26-13-23-18(10-21)25-26/h2-9,13H,11-12H2,1H3,(H,22,28)(H,24,27). The molecule has 2 N–H and O–H groups in total. The lowest BCUT2D eigenvalue weighted by Gasteiger charge is -2.11. The number of para-hydroxylation sites is 1. The van der Waals surface area contributed by atoms with Crippen molar-refractivity contribution in [2.24, 2.45) is 0 Å². The molecule has 0 saturated heterocycles. The number of nitriles is 1. The highest BCUT2D eigenvalue weighted by Gasteiger charge is 2.14. The minimum atomic E-state index is -0.381. The van der Waals surface area contributed by atoms with Gasteiger partial charge in [0, 0.05) is 6.54 Å². The van der Waals surface area contributed by atoms with Gasteiger partial charge in [-0.3, -0.25) is 9.59 Å². The maximum Gasteiger partial charge on any atom is 0.253 e. The molecule has 0 aliphatic carbocycles. The van der Waals surface area contributed by atoms with E-state index in [9.17, 15) is 9.59 Å².